The Labute approximate surface area is 180 Å². The Morgan fingerprint density at radius 3 is 2.47 bits per heavy atom. The summed E-state index contributed by atoms with van der Waals surface area (Å²) in [4.78, 5) is 27.9. The molecule has 0 saturated carbocycles. The first-order chi connectivity index (χ1) is 15.5. The van der Waals surface area contributed by atoms with Crippen molar-refractivity contribution < 1.29 is 23.0 Å². The summed E-state index contributed by atoms with van der Waals surface area (Å²) >= 11 is 0. The van der Waals surface area contributed by atoms with Crippen molar-refractivity contribution in [2.24, 2.45) is 0 Å². The highest BCUT2D eigenvalue weighted by Gasteiger charge is 2.30. The highest BCUT2D eigenvalue weighted by Crippen LogP contribution is 2.43. The zero-order valence-corrected chi connectivity index (χ0v) is 16.7. The second kappa shape index (κ2) is 6.86. The van der Waals surface area contributed by atoms with Gasteiger partial charge in [-0.1, -0.05) is 24.3 Å². The van der Waals surface area contributed by atoms with Gasteiger partial charge in [0.1, 0.15) is 11.1 Å². The molecule has 2 aliphatic heterocycles. The minimum atomic E-state index is -1.21. The van der Waals surface area contributed by atoms with Gasteiger partial charge in [-0.25, -0.2) is 4.39 Å². The molecule has 0 bridgehead atoms. The topological polar surface area (TPSA) is 60.8 Å². The number of nitrogens with zero attached hydrogens (tertiary/aromatic N) is 2. The first-order valence-corrected chi connectivity index (χ1v) is 10.2. The quantitative estimate of drug-likeness (QED) is 0.400. The Morgan fingerprint density at radius 1 is 1.00 bits per heavy atom. The number of ether oxygens (including phenoxy) is 2. The zero-order valence-electron chi connectivity index (χ0n) is 16.7. The first-order valence-electron chi connectivity index (χ1n) is 10.2. The number of benzene rings is 3. The number of morpholine rings is 1. The number of pyridine rings is 1. The standard InChI is InChI=1S/C24H16F2N2O4/c25-17-11-15-21-23(20(17)26)32-19-10-14-4-2-1-3-13(14)9-18(19)28(21)12-16(22(15)29)24(30)27-5-7-31-8-6-27/h1-4,9-12H,5-8H2. The Hall–Kier alpha value is -3.78. The maximum absolute atomic E-state index is 14.7. The lowest BCUT2D eigenvalue weighted by molar-refractivity contribution is 0.0302. The molecule has 32 heavy (non-hydrogen) atoms. The van der Waals surface area contributed by atoms with Gasteiger partial charge in [0, 0.05) is 19.3 Å². The van der Waals surface area contributed by atoms with E-state index in [9.17, 15) is 18.4 Å². The van der Waals surface area contributed by atoms with Crippen LogP contribution >= 0.6 is 0 Å². The van der Waals surface area contributed by atoms with E-state index in [4.69, 9.17) is 9.47 Å². The van der Waals surface area contributed by atoms with Crippen molar-refractivity contribution in [1.29, 1.82) is 0 Å². The van der Waals surface area contributed by atoms with E-state index in [2.05, 4.69) is 0 Å². The molecular weight excluding hydrogens is 418 g/mol. The van der Waals surface area contributed by atoms with Gasteiger partial charge in [-0.15, -0.1) is 0 Å². The molecule has 160 valence electrons. The van der Waals surface area contributed by atoms with E-state index in [1.807, 2.05) is 30.3 Å². The molecule has 2 aliphatic rings. The number of carbonyl (C=O) groups excluding carboxylic acids is 1. The number of amides is 1. The fourth-order valence-corrected chi connectivity index (χ4v) is 4.36. The molecule has 4 aromatic rings. The van der Waals surface area contributed by atoms with Crippen LogP contribution in [0.1, 0.15) is 10.4 Å². The number of hydrogen-bond donors (Lipinski definition) is 0. The van der Waals surface area contributed by atoms with E-state index in [0.29, 0.717) is 37.7 Å². The van der Waals surface area contributed by atoms with E-state index < -0.39 is 23.0 Å². The molecule has 0 unspecified atom stereocenters. The third kappa shape index (κ3) is 2.66. The number of rotatable bonds is 1. The van der Waals surface area contributed by atoms with Crippen LogP contribution in [-0.4, -0.2) is 41.7 Å². The largest absolute Gasteiger partial charge is 0.450 e. The van der Waals surface area contributed by atoms with Gasteiger partial charge in [-0.05, 0) is 29.0 Å². The second-order valence-corrected chi connectivity index (χ2v) is 7.81. The maximum atomic E-state index is 14.7. The molecule has 6 nitrogen and oxygen atoms in total. The fraction of sp³-hybridized carbons (Fsp3) is 0.167. The van der Waals surface area contributed by atoms with Crippen molar-refractivity contribution in [1.82, 2.24) is 9.47 Å². The van der Waals surface area contributed by atoms with E-state index in [1.54, 1.807) is 10.6 Å². The SMILES string of the molecule is O=C(c1cn2c3c(c(F)c(F)cc3c1=O)Oc1cc3ccccc3cc1-2)N1CCOCC1. The molecule has 8 heteroatoms. The highest BCUT2D eigenvalue weighted by molar-refractivity contribution is 6.00. The average Bonchev–Trinajstić information content (AvgIpc) is 2.82. The summed E-state index contributed by atoms with van der Waals surface area (Å²) < 4.78 is 41.8. The highest BCUT2D eigenvalue weighted by atomic mass is 19.2. The second-order valence-electron chi connectivity index (χ2n) is 7.81. The summed E-state index contributed by atoms with van der Waals surface area (Å²) in [5.74, 6) is -2.93. The van der Waals surface area contributed by atoms with Crippen LogP contribution in [0.3, 0.4) is 0 Å². The van der Waals surface area contributed by atoms with Gasteiger partial charge >= 0.3 is 0 Å². The van der Waals surface area contributed by atoms with Gasteiger partial charge < -0.3 is 18.9 Å². The predicted octanol–water partition coefficient (Wildman–Crippen LogP) is 4.00. The van der Waals surface area contributed by atoms with Crippen LogP contribution < -0.4 is 10.2 Å². The maximum Gasteiger partial charge on any atom is 0.259 e. The molecule has 0 radical (unpaired) electrons. The van der Waals surface area contributed by atoms with E-state index in [-0.39, 0.29) is 22.2 Å². The lowest BCUT2D eigenvalue weighted by Crippen LogP contribution is -2.42. The minimum absolute atomic E-state index is 0.0928. The summed E-state index contributed by atoms with van der Waals surface area (Å²) in [6.45, 7) is 1.45. The van der Waals surface area contributed by atoms with E-state index in [0.717, 1.165) is 16.8 Å². The summed E-state index contributed by atoms with van der Waals surface area (Å²) in [6, 6.07) is 11.9. The Bertz CT molecular complexity index is 1510. The van der Waals surface area contributed by atoms with Crippen LogP contribution in [0.5, 0.6) is 11.5 Å². The molecule has 1 amide bonds. The molecule has 1 fully saturated rings. The van der Waals surface area contributed by atoms with Crippen molar-refractivity contribution in [3.8, 4) is 17.2 Å². The van der Waals surface area contributed by atoms with Crippen molar-refractivity contribution in [2.75, 3.05) is 26.3 Å². The van der Waals surface area contributed by atoms with Crippen LogP contribution in [0, 0.1) is 11.6 Å². The van der Waals surface area contributed by atoms with Gasteiger partial charge in [0.25, 0.3) is 5.91 Å². The van der Waals surface area contributed by atoms with Gasteiger partial charge in [-0.3, -0.25) is 9.59 Å². The van der Waals surface area contributed by atoms with E-state index in [1.165, 1.54) is 11.1 Å². The average molecular weight is 434 g/mol. The smallest absolute Gasteiger partial charge is 0.259 e. The van der Waals surface area contributed by atoms with Crippen LogP contribution in [0.15, 0.2) is 53.5 Å². The van der Waals surface area contributed by atoms with Gasteiger partial charge in [-0.2, -0.15) is 4.39 Å². The van der Waals surface area contributed by atoms with Crippen LogP contribution in [0.25, 0.3) is 27.4 Å². The van der Waals surface area contributed by atoms with Crippen LogP contribution in [0.2, 0.25) is 0 Å². The molecule has 0 atom stereocenters. The number of fused-ring (bicyclic) bond motifs is 3. The number of carbonyl (C=O) groups is 1. The molecular formula is C24H16F2N2O4. The van der Waals surface area contributed by atoms with Gasteiger partial charge in [0.2, 0.25) is 11.2 Å². The zero-order chi connectivity index (χ0) is 22.0. The molecule has 1 saturated heterocycles. The molecule has 3 aromatic carbocycles. The van der Waals surface area contributed by atoms with Crippen molar-refractivity contribution in [3.05, 3.63) is 76.1 Å². The lowest BCUT2D eigenvalue weighted by atomic mass is 10.0. The number of aromatic nitrogens is 1. The first kappa shape index (κ1) is 18.9. The Kier molecular flexibility index (Phi) is 4.06. The monoisotopic (exact) mass is 434 g/mol. The molecule has 6 rings (SSSR count). The normalized spacial score (nSPS) is 15.0. The van der Waals surface area contributed by atoms with Crippen molar-refractivity contribution >= 4 is 27.6 Å². The summed E-state index contributed by atoms with van der Waals surface area (Å²) in [6.07, 6.45) is 1.40. The molecule has 0 spiro atoms. The molecule has 1 aromatic heterocycles. The van der Waals surface area contributed by atoms with Crippen LogP contribution in [0.4, 0.5) is 8.78 Å². The Morgan fingerprint density at radius 2 is 1.72 bits per heavy atom. The fourth-order valence-electron chi connectivity index (χ4n) is 4.36. The number of hydrogen-bond acceptors (Lipinski definition) is 4. The van der Waals surface area contributed by atoms with Crippen molar-refractivity contribution in [2.45, 2.75) is 0 Å². The lowest BCUT2D eigenvalue weighted by Gasteiger charge is -2.28. The molecule has 0 N–H and O–H groups in total. The summed E-state index contributed by atoms with van der Waals surface area (Å²) in [7, 11) is 0. The third-order valence-corrected chi connectivity index (χ3v) is 5.97. The van der Waals surface area contributed by atoms with Crippen LogP contribution in [-0.2, 0) is 4.74 Å². The summed E-state index contributed by atoms with van der Waals surface area (Å²) in [5.41, 5.74) is -0.156. The molecule has 0 aliphatic carbocycles. The van der Waals surface area contributed by atoms with Crippen molar-refractivity contribution in [3.63, 3.8) is 0 Å². The van der Waals surface area contributed by atoms with Gasteiger partial charge in [0.05, 0.1) is 24.3 Å². The van der Waals surface area contributed by atoms with E-state index >= 15 is 0 Å². The third-order valence-electron chi connectivity index (χ3n) is 5.97. The van der Waals surface area contributed by atoms with Gasteiger partial charge in [0.15, 0.2) is 17.3 Å². The molecule has 3 heterocycles. The minimum Gasteiger partial charge on any atom is -0.450 e. The predicted molar refractivity (Wildman–Crippen MR) is 114 cm³/mol. The Balaban J connectivity index is 1.68. The number of halogens is 2. The summed E-state index contributed by atoms with van der Waals surface area (Å²) in [5, 5.41) is 1.64.